The summed E-state index contributed by atoms with van der Waals surface area (Å²) in [6, 6.07) is 1.18. The molecule has 0 bridgehead atoms. The lowest BCUT2D eigenvalue weighted by Gasteiger charge is -2.15. The van der Waals surface area contributed by atoms with Gasteiger partial charge in [-0.2, -0.15) is 13.2 Å². The molecule has 1 N–H and O–H groups in total. The van der Waals surface area contributed by atoms with E-state index in [4.69, 9.17) is 14.6 Å². The third-order valence-electron chi connectivity index (χ3n) is 3.18. The van der Waals surface area contributed by atoms with Gasteiger partial charge in [0, 0.05) is 12.1 Å². The van der Waals surface area contributed by atoms with Crippen LogP contribution in [-0.2, 0) is 11.0 Å². The molecule has 2 heterocycles. The molecule has 21 heavy (non-hydrogen) atoms. The fraction of sp³-hybridized carbons (Fsp3) is 0.333. The highest BCUT2D eigenvalue weighted by Gasteiger charge is 2.40. The first kappa shape index (κ1) is 13.5. The van der Waals surface area contributed by atoms with Crippen LogP contribution in [0.2, 0.25) is 0 Å². The van der Waals surface area contributed by atoms with Crippen LogP contribution in [0.15, 0.2) is 12.1 Å². The third-order valence-corrected chi connectivity index (χ3v) is 3.18. The zero-order valence-electron chi connectivity index (χ0n) is 10.6. The van der Waals surface area contributed by atoms with Gasteiger partial charge in [0.15, 0.2) is 11.5 Å². The van der Waals surface area contributed by atoms with Crippen molar-refractivity contribution < 1.29 is 32.5 Å². The van der Waals surface area contributed by atoms with Crippen molar-refractivity contribution in [1.82, 2.24) is 9.55 Å². The minimum atomic E-state index is -4.77. The lowest BCUT2D eigenvalue weighted by molar-refractivity contribution is -0.150. The number of nitrogens with zero attached hydrogens (tertiary/aromatic N) is 2. The van der Waals surface area contributed by atoms with Crippen LogP contribution in [0, 0.1) is 0 Å². The largest absolute Gasteiger partial charge is 0.480 e. The Bertz CT molecular complexity index is 738. The van der Waals surface area contributed by atoms with Gasteiger partial charge in [0.05, 0.1) is 11.0 Å². The van der Waals surface area contributed by atoms with Gasteiger partial charge in [-0.3, -0.25) is 0 Å². The Morgan fingerprint density at radius 1 is 1.38 bits per heavy atom. The molecule has 112 valence electrons. The van der Waals surface area contributed by atoms with Crippen LogP contribution in [0.5, 0.6) is 11.5 Å². The van der Waals surface area contributed by atoms with Crippen LogP contribution in [0.25, 0.3) is 11.0 Å². The number of carbonyl (C=O) groups is 1. The molecule has 0 saturated heterocycles. The number of carboxylic acid groups (broad SMARTS) is 1. The highest BCUT2D eigenvalue weighted by Crippen LogP contribution is 2.40. The number of hydrogen-bond acceptors (Lipinski definition) is 4. The van der Waals surface area contributed by atoms with Crippen molar-refractivity contribution in [2.24, 2.45) is 0 Å². The summed E-state index contributed by atoms with van der Waals surface area (Å²) in [5, 5.41) is 9.02. The van der Waals surface area contributed by atoms with Crippen LogP contribution >= 0.6 is 0 Å². The minimum Gasteiger partial charge on any atom is -0.480 e. The Morgan fingerprint density at radius 3 is 2.57 bits per heavy atom. The third kappa shape index (κ3) is 2.05. The van der Waals surface area contributed by atoms with Crippen molar-refractivity contribution in [1.29, 1.82) is 0 Å². The predicted octanol–water partition coefficient (Wildman–Crippen LogP) is 2.43. The second-order valence-electron chi connectivity index (χ2n) is 4.51. The number of aromatic nitrogens is 2. The second-order valence-corrected chi connectivity index (χ2v) is 4.51. The van der Waals surface area contributed by atoms with Crippen LogP contribution in [-0.4, -0.2) is 27.4 Å². The summed E-state index contributed by atoms with van der Waals surface area (Å²) >= 11 is 0. The molecule has 1 unspecified atom stereocenters. The molecule has 0 spiro atoms. The number of hydrogen-bond donors (Lipinski definition) is 1. The van der Waals surface area contributed by atoms with E-state index >= 15 is 0 Å². The molecular formula is C12H9F3N2O4. The highest BCUT2D eigenvalue weighted by molar-refractivity contribution is 5.83. The summed E-state index contributed by atoms with van der Waals surface area (Å²) in [5.74, 6) is -2.12. The number of fused-ring (bicyclic) bond motifs is 2. The van der Waals surface area contributed by atoms with Crippen molar-refractivity contribution in [3.05, 3.63) is 18.0 Å². The van der Waals surface area contributed by atoms with Crippen molar-refractivity contribution in [3.8, 4) is 11.5 Å². The molecule has 1 atom stereocenters. The maximum Gasteiger partial charge on any atom is 0.449 e. The number of aliphatic carboxylic acids is 1. The van der Waals surface area contributed by atoms with Gasteiger partial charge in [0.1, 0.15) is 6.04 Å². The summed E-state index contributed by atoms with van der Waals surface area (Å²) in [4.78, 5) is 14.6. The molecule has 1 aliphatic heterocycles. The van der Waals surface area contributed by atoms with Gasteiger partial charge in [-0.25, -0.2) is 9.78 Å². The predicted molar refractivity (Wildman–Crippen MR) is 63.2 cm³/mol. The van der Waals surface area contributed by atoms with E-state index in [2.05, 4.69) is 4.98 Å². The maximum atomic E-state index is 13.1. The molecule has 6 nitrogen and oxygen atoms in total. The molecule has 1 aromatic heterocycles. The Hall–Kier alpha value is -2.45. The molecular weight excluding hydrogens is 293 g/mol. The van der Waals surface area contributed by atoms with Crippen molar-refractivity contribution in [3.63, 3.8) is 0 Å². The highest BCUT2D eigenvalue weighted by atomic mass is 19.4. The molecule has 0 fully saturated rings. The summed E-state index contributed by atoms with van der Waals surface area (Å²) in [6.07, 6.45) is -4.77. The van der Waals surface area contributed by atoms with E-state index in [1.165, 1.54) is 12.1 Å². The SMILES string of the molecule is CC(C(=O)O)n1c(C(F)(F)F)nc2cc3c(cc21)OCO3. The topological polar surface area (TPSA) is 73.6 Å². The first-order chi connectivity index (χ1) is 9.79. The monoisotopic (exact) mass is 302 g/mol. The van der Waals surface area contributed by atoms with E-state index in [0.29, 0.717) is 4.57 Å². The maximum absolute atomic E-state index is 13.1. The Balaban J connectivity index is 2.31. The van der Waals surface area contributed by atoms with E-state index < -0.39 is 24.0 Å². The van der Waals surface area contributed by atoms with Crippen LogP contribution in [0.1, 0.15) is 18.8 Å². The van der Waals surface area contributed by atoms with Crippen molar-refractivity contribution in [2.75, 3.05) is 6.79 Å². The molecule has 0 saturated carbocycles. The number of carboxylic acids is 1. The first-order valence-corrected chi connectivity index (χ1v) is 5.90. The Labute approximate surface area is 115 Å². The minimum absolute atomic E-state index is 0.000301. The summed E-state index contributed by atoms with van der Waals surface area (Å²) in [5.41, 5.74) is 0.0288. The molecule has 9 heteroatoms. The molecule has 0 amide bonds. The summed E-state index contributed by atoms with van der Waals surface area (Å²) < 4.78 is 50.0. The number of rotatable bonds is 2. The fourth-order valence-corrected chi connectivity index (χ4v) is 2.19. The van der Waals surface area contributed by atoms with E-state index in [0.717, 1.165) is 6.92 Å². The lowest BCUT2D eigenvalue weighted by atomic mass is 10.2. The molecule has 0 aliphatic carbocycles. The average molecular weight is 302 g/mol. The quantitative estimate of drug-likeness (QED) is 0.922. The Kier molecular flexibility index (Phi) is 2.75. The van der Waals surface area contributed by atoms with Crippen molar-refractivity contribution >= 4 is 17.0 Å². The summed E-state index contributed by atoms with van der Waals surface area (Å²) in [6.45, 7) is 1.12. The number of ether oxygens (including phenoxy) is 2. The standard InChI is InChI=1S/C12H9F3N2O4/c1-5(10(18)19)17-7-3-9-8(20-4-21-9)2-6(7)16-11(17)12(13,14)15/h2-3,5H,4H2,1H3,(H,18,19). The average Bonchev–Trinajstić information content (AvgIpc) is 2.96. The van der Waals surface area contributed by atoms with Gasteiger partial charge in [-0.1, -0.05) is 0 Å². The Morgan fingerprint density at radius 2 is 2.00 bits per heavy atom. The van der Waals surface area contributed by atoms with Gasteiger partial charge in [0.25, 0.3) is 0 Å². The molecule has 1 aliphatic rings. The number of imidazole rings is 1. The first-order valence-electron chi connectivity index (χ1n) is 5.90. The normalized spacial score (nSPS) is 15.4. The van der Waals surface area contributed by atoms with E-state index in [-0.39, 0.29) is 29.3 Å². The van der Waals surface area contributed by atoms with Gasteiger partial charge in [-0.15, -0.1) is 0 Å². The lowest BCUT2D eigenvalue weighted by Crippen LogP contribution is -2.22. The summed E-state index contributed by atoms with van der Waals surface area (Å²) in [7, 11) is 0. The van der Waals surface area contributed by atoms with Gasteiger partial charge in [0.2, 0.25) is 12.6 Å². The van der Waals surface area contributed by atoms with Gasteiger partial charge < -0.3 is 19.1 Å². The van der Waals surface area contributed by atoms with Crippen LogP contribution < -0.4 is 9.47 Å². The second kappa shape index (κ2) is 4.27. The molecule has 2 aromatic rings. The zero-order chi connectivity index (χ0) is 15.4. The van der Waals surface area contributed by atoms with Gasteiger partial charge in [-0.05, 0) is 6.92 Å². The number of alkyl halides is 3. The van der Waals surface area contributed by atoms with Crippen molar-refractivity contribution in [2.45, 2.75) is 19.1 Å². The van der Waals surface area contributed by atoms with Gasteiger partial charge >= 0.3 is 12.1 Å². The molecule has 1 aromatic carbocycles. The van der Waals surface area contributed by atoms with E-state index in [9.17, 15) is 18.0 Å². The van der Waals surface area contributed by atoms with E-state index in [1.807, 2.05) is 0 Å². The molecule has 0 radical (unpaired) electrons. The van der Waals surface area contributed by atoms with E-state index in [1.54, 1.807) is 0 Å². The number of benzene rings is 1. The number of halogens is 3. The molecule has 3 rings (SSSR count). The smallest absolute Gasteiger partial charge is 0.449 e. The van der Waals surface area contributed by atoms with Crippen LogP contribution in [0.3, 0.4) is 0 Å². The zero-order valence-corrected chi connectivity index (χ0v) is 10.6. The fourth-order valence-electron chi connectivity index (χ4n) is 2.19. The van der Waals surface area contributed by atoms with Crippen LogP contribution in [0.4, 0.5) is 13.2 Å².